The van der Waals surface area contributed by atoms with Crippen molar-refractivity contribution in [2.45, 2.75) is 58.4 Å². The van der Waals surface area contributed by atoms with Crippen molar-refractivity contribution in [3.05, 3.63) is 23.7 Å². The van der Waals surface area contributed by atoms with Crippen LogP contribution in [-0.2, 0) is 11.2 Å². The highest BCUT2D eigenvalue weighted by molar-refractivity contribution is 5.95. The predicted molar refractivity (Wildman–Crippen MR) is 76.7 cm³/mol. The zero-order valence-corrected chi connectivity index (χ0v) is 12.4. The Morgan fingerprint density at radius 1 is 1.35 bits per heavy atom. The summed E-state index contributed by atoms with van der Waals surface area (Å²) in [6.45, 7) is 4.32. The number of hydrogen-bond donors (Lipinski definition) is 0. The lowest BCUT2D eigenvalue weighted by atomic mass is 10.0. The lowest BCUT2D eigenvalue weighted by Gasteiger charge is -2.29. The van der Waals surface area contributed by atoms with Gasteiger partial charge < -0.3 is 9.32 Å². The normalized spacial score (nSPS) is 19.7. The molecule has 0 aromatic carbocycles. The van der Waals surface area contributed by atoms with Gasteiger partial charge in [0, 0.05) is 25.4 Å². The summed E-state index contributed by atoms with van der Waals surface area (Å²) >= 11 is 0. The first-order valence-corrected chi connectivity index (χ1v) is 7.50. The van der Waals surface area contributed by atoms with E-state index in [1.807, 2.05) is 11.8 Å². The number of furan rings is 1. The van der Waals surface area contributed by atoms with Crippen LogP contribution in [0.4, 0.5) is 0 Å². The van der Waals surface area contributed by atoms with Gasteiger partial charge in [-0.2, -0.15) is 0 Å². The molecule has 4 nitrogen and oxygen atoms in total. The van der Waals surface area contributed by atoms with E-state index in [4.69, 9.17) is 4.42 Å². The number of rotatable bonds is 4. The molecule has 0 spiro atoms. The molecule has 0 N–H and O–H groups in total. The number of nitrogens with zero attached hydrogens (tertiary/aromatic N) is 1. The third kappa shape index (κ3) is 3.30. The molecule has 0 radical (unpaired) electrons. The Labute approximate surface area is 120 Å². The van der Waals surface area contributed by atoms with Gasteiger partial charge in [-0.1, -0.05) is 19.8 Å². The molecule has 2 heterocycles. The molecule has 1 aliphatic rings. The molecule has 4 heteroatoms. The molecule has 2 rings (SSSR count). The summed E-state index contributed by atoms with van der Waals surface area (Å²) in [5.74, 6) is 0.905. The number of Topliss-reactive ketones (excluding diaryl/α,β-unsaturated/α-hetero) is 1. The largest absolute Gasteiger partial charge is 0.469 e. The van der Waals surface area contributed by atoms with Gasteiger partial charge in [-0.3, -0.25) is 9.59 Å². The maximum absolute atomic E-state index is 12.7. The lowest BCUT2D eigenvalue weighted by molar-refractivity contribution is -0.118. The summed E-state index contributed by atoms with van der Waals surface area (Å²) in [7, 11) is 0. The molecule has 1 atom stereocenters. The third-order valence-electron chi connectivity index (χ3n) is 3.96. The molecule has 1 aromatic heterocycles. The van der Waals surface area contributed by atoms with Gasteiger partial charge in [-0.25, -0.2) is 0 Å². The summed E-state index contributed by atoms with van der Waals surface area (Å²) in [5.41, 5.74) is 0.656. The minimum Gasteiger partial charge on any atom is -0.469 e. The Balaban J connectivity index is 2.21. The third-order valence-corrected chi connectivity index (χ3v) is 3.96. The number of ketones is 1. The molecule has 0 bridgehead atoms. The number of carbonyl (C=O) groups excluding carboxylic acids is 2. The first kappa shape index (κ1) is 14.8. The van der Waals surface area contributed by atoms with Crippen molar-refractivity contribution in [2.24, 2.45) is 0 Å². The molecule has 1 saturated heterocycles. The standard InChI is InChI=1S/C16H23NO3/c1-3-15-14(8-10-20-15)16(19)17-9-6-4-5-7-13(17)11-12(2)18/h8,10,13H,3-7,9,11H2,1-2H3. The second-order valence-corrected chi connectivity index (χ2v) is 5.52. The van der Waals surface area contributed by atoms with Crippen molar-refractivity contribution in [2.75, 3.05) is 6.54 Å². The minimum atomic E-state index is 0.0174. The van der Waals surface area contributed by atoms with E-state index in [2.05, 4.69) is 0 Å². The number of hydrogen-bond acceptors (Lipinski definition) is 3. The highest BCUT2D eigenvalue weighted by Gasteiger charge is 2.28. The molecule has 0 aliphatic carbocycles. The molecular formula is C16H23NO3. The van der Waals surface area contributed by atoms with Crippen LogP contribution in [0, 0.1) is 0 Å². The Kier molecular flexibility index (Phi) is 4.99. The number of aryl methyl sites for hydroxylation is 1. The Morgan fingerprint density at radius 2 is 2.15 bits per heavy atom. The van der Waals surface area contributed by atoms with E-state index in [9.17, 15) is 9.59 Å². The summed E-state index contributed by atoms with van der Waals surface area (Å²) in [6.07, 6.45) is 6.90. The smallest absolute Gasteiger partial charge is 0.257 e. The van der Waals surface area contributed by atoms with E-state index >= 15 is 0 Å². The number of likely N-dealkylation sites (tertiary alicyclic amines) is 1. The molecule has 20 heavy (non-hydrogen) atoms. The van der Waals surface area contributed by atoms with Gasteiger partial charge in [-0.15, -0.1) is 0 Å². The molecule has 1 amide bonds. The van der Waals surface area contributed by atoms with E-state index in [1.165, 1.54) is 0 Å². The van der Waals surface area contributed by atoms with Crippen molar-refractivity contribution in [3.8, 4) is 0 Å². The summed E-state index contributed by atoms with van der Waals surface area (Å²) < 4.78 is 5.36. The van der Waals surface area contributed by atoms with Crippen LogP contribution < -0.4 is 0 Å². The second kappa shape index (κ2) is 6.73. The van der Waals surface area contributed by atoms with Crippen LogP contribution in [0.2, 0.25) is 0 Å². The fourth-order valence-corrected chi connectivity index (χ4v) is 2.95. The van der Waals surface area contributed by atoms with Gasteiger partial charge in [0.15, 0.2) is 0 Å². The van der Waals surface area contributed by atoms with Gasteiger partial charge in [0.1, 0.15) is 11.5 Å². The Morgan fingerprint density at radius 3 is 2.85 bits per heavy atom. The maximum Gasteiger partial charge on any atom is 0.257 e. The average molecular weight is 277 g/mol. The van der Waals surface area contributed by atoms with Crippen LogP contribution in [0.5, 0.6) is 0 Å². The van der Waals surface area contributed by atoms with Gasteiger partial charge >= 0.3 is 0 Å². The van der Waals surface area contributed by atoms with Crippen molar-refractivity contribution in [1.82, 2.24) is 4.90 Å². The molecule has 1 aromatic rings. The van der Waals surface area contributed by atoms with Crippen LogP contribution in [0.3, 0.4) is 0 Å². The van der Waals surface area contributed by atoms with Crippen LogP contribution >= 0.6 is 0 Å². The molecule has 1 fully saturated rings. The summed E-state index contributed by atoms with van der Waals surface area (Å²) in [4.78, 5) is 26.1. The fourth-order valence-electron chi connectivity index (χ4n) is 2.95. The average Bonchev–Trinajstić information content (AvgIpc) is 2.78. The van der Waals surface area contributed by atoms with E-state index in [-0.39, 0.29) is 17.7 Å². The predicted octanol–water partition coefficient (Wildman–Crippen LogP) is 3.21. The van der Waals surface area contributed by atoms with Crippen LogP contribution in [-0.4, -0.2) is 29.2 Å². The minimum absolute atomic E-state index is 0.0174. The summed E-state index contributed by atoms with van der Waals surface area (Å²) in [5, 5.41) is 0. The van der Waals surface area contributed by atoms with E-state index in [1.54, 1.807) is 19.3 Å². The lowest BCUT2D eigenvalue weighted by Crippen LogP contribution is -2.41. The zero-order chi connectivity index (χ0) is 14.5. The van der Waals surface area contributed by atoms with Gasteiger partial charge in [0.05, 0.1) is 11.8 Å². The van der Waals surface area contributed by atoms with E-state index in [0.717, 1.165) is 38.0 Å². The topological polar surface area (TPSA) is 50.5 Å². The fraction of sp³-hybridized carbons (Fsp3) is 0.625. The maximum atomic E-state index is 12.7. The van der Waals surface area contributed by atoms with Crippen molar-refractivity contribution in [3.63, 3.8) is 0 Å². The highest BCUT2D eigenvalue weighted by atomic mass is 16.3. The van der Waals surface area contributed by atoms with Crippen molar-refractivity contribution >= 4 is 11.7 Å². The van der Waals surface area contributed by atoms with Gasteiger partial charge in [0.2, 0.25) is 0 Å². The van der Waals surface area contributed by atoms with Gasteiger partial charge in [0.25, 0.3) is 5.91 Å². The van der Waals surface area contributed by atoms with Crippen LogP contribution in [0.15, 0.2) is 16.7 Å². The molecule has 1 aliphatic heterocycles. The molecule has 110 valence electrons. The van der Waals surface area contributed by atoms with Crippen LogP contribution in [0.1, 0.15) is 62.1 Å². The van der Waals surface area contributed by atoms with E-state index < -0.39 is 0 Å². The first-order valence-electron chi connectivity index (χ1n) is 7.50. The Bertz CT molecular complexity index is 478. The Hall–Kier alpha value is -1.58. The number of amides is 1. The van der Waals surface area contributed by atoms with Crippen molar-refractivity contribution in [1.29, 1.82) is 0 Å². The molecule has 0 saturated carbocycles. The van der Waals surface area contributed by atoms with E-state index in [0.29, 0.717) is 18.4 Å². The molecular weight excluding hydrogens is 254 g/mol. The van der Waals surface area contributed by atoms with Crippen molar-refractivity contribution < 1.29 is 14.0 Å². The SMILES string of the molecule is CCc1occc1C(=O)N1CCCCCC1CC(C)=O. The van der Waals surface area contributed by atoms with Gasteiger partial charge in [-0.05, 0) is 25.8 Å². The summed E-state index contributed by atoms with van der Waals surface area (Å²) in [6, 6.07) is 1.79. The first-order chi connectivity index (χ1) is 9.63. The monoisotopic (exact) mass is 277 g/mol. The number of carbonyl (C=O) groups is 2. The van der Waals surface area contributed by atoms with Crippen LogP contribution in [0.25, 0.3) is 0 Å². The second-order valence-electron chi connectivity index (χ2n) is 5.52. The highest BCUT2D eigenvalue weighted by Crippen LogP contribution is 2.23. The zero-order valence-electron chi connectivity index (χ0n) is 12.4. The molecule has 1 unspecified atom stereocenters. The quantitative estimate of drug-likeness (QED) is 0.849.